The molecule has 6 nitrogen and oxygen atoms in total. The van der Waals surface area contributed by atoms with Crippen LogP contribution in [-0.2, 0) is 9.59 Å². The van der Waals surface area contributed by atoms with E-state index < -0.39 is 6.04 Å². The first kappa shape index (κ1) is 15.8. The Kier molecular flexibility index (Phi) is 4.81. The monoisotopic (exact) mass is 317 g/mol. The largest absolute Gasteiger partial charge is 0.497 e. The standard InChI is InChI=1S/C17H23N3O3/c1-23-12-6-4-5-11(9-12)18-16(21)10-15-17(22)20-14-8-3-2-7-13(14)19-15/h4-6,9,13-15,19H,2-3,7-8,10H2,1H3,(H,18,21)(H,20,22)/t13-,14-,15+/m1/s1. The molecule has 2 fully saturated rings. The molecular weight excluding hydrogens is 294 g/mol. The normalized spacial score (nSPS) is 26.8. The number of hydrogen-bond acceptors (Lipinski definition) is 4. The first-order valence-corrected chi connectivity index (χ1v) is 8.16. The number of nitrogens with one attached hydrogen (secondary N) is 3. The number of fused-ring (bicyclic) bond motifs is 1. The molecule has 2 amide bonds. The van der Waals surface area contributed by atoms with E-state index in [4.69, 9.17) is 4.74 Å². The van der Waals surface area contributed by atoms with E-state index in [1.165, 1.54) is 6.42 Å². The molecular formula is C17H23N3O3. The number of hydrogen-bond donors (Lipinski definition) is 3. The Morgan fingerprint density at radius 3 is 2.87 bits per heavy atom. The molecule has 1 heterocycles. The van der Waals surface area contributed by atoms with Gasteiger partial charge in [-0.15, -0.1) is 0 Å². The van der Waals surface area contributed by atoms with Crippen molar-refractivity contribution in [3.8, 4) is 5.75 Å². The van der Waals surface area contributed by atoms with E-state index in [0.717, 1.165) is 19.3 Å². The van der Waals surface area contributed by atoms with Crippen LogP contribution < -0.4 is 20.7 Å². The highest BCUT2D eigenvalue weighted by molar-refractivity contribution is 5.95. The van der Waals surface area contributed by atoms with Gasteiger partial charge in [0.05, 0.1) is 19.6 Å². The molecule has 2 aliphatic rings. The van der Waals surface area contributed by atoms with Gasteiger partial charge in [0, 0.05) is 23.8 Å². The summed E-state index contributed by atoms with van der Waals surface area (Å²) in [5.74, 6) is 0.426. The fourth-order valence-corrected chi connectivity index (χ4v) is 3.37. The summed E-state index contributed by atoms with van der Waals surface area (Å²) in [6, 6.07) is 7.22. The molecule has 0 spiro atoms. The van der Waals surface area contributed by atoms with Crippen LogP contribution in [0.3, 0.4) is 0 Å². The van der Waals surface area contributed by atoms with Gasteiger partial charge in [0.25, 0.3) is 0 Å². The topological polar surface area (TPSA) is 79.5 Å². The van der Waals surface area contributed by atoms with Gasteiger partial charge in [0.1, 0.15) is 5.75 Å². The van der Waals surface area contributed by atoms with Crippen molar-refractivity contribution in [1.82, 2.24) is 10.6 Å². The molecule has 0 bridgehead atoms. The maximum Gasteiger partial charge on any atom is 0.237 e. The summed E-state index contributed by atoms with van der Waals surface area (Å²) < 4.78 is 5.13. The van der Waals surface area contributed by atoms with Crippen molar-refractivity contribution in [2.45, 2.75) is 50.2 Å². The van der Waals surface area contributed by atoms with Gasteiger partial charge in [0.2, 0.25) is 11.8 Å². The molecule has 1 aliphatic carbocycles. The molecule has 3 atom stereocenters. The molecule has 1 aliphatic heterocycles. The second-order valence-electron chi connectivity index (χ2n) is 6.21. The molecule has 23 heavy (non-hydrogen) atoms. The highest BCUT2D eigenvalue weighted by atomic mass is 16.5. The van der Waals surface area contributed by atoms with Crippen LogP contribution in [0.25, 0.3) is 0 Å². The van der Waals surface area contributed by atoms with Gasteiger partial charge in [-0.05, 0) is 25.0 Å². The van der Waals surface area contributed by atoms with Gasteiger partial charge in [-0.2, -0.15) is 0 Å². The zero-order valence-electron chi connectivity index (χ0n) is 13.3. The van der Waals surface area contributed by atoms with Gasteiger partial charge in [-0.3, -0.25) is 9.59 Å². The zero-order valence-corrected chi connectivity index (χ0v) is 13.3. The summed E-state index contributed by atoms with van der Waals surface area (Å²) in [4.78, 5) is 24.4. The Labute approximate surface area is 136 Å². The average Bonchev–Trinajstić information content (AvgIpc) is 2.55. The molecule has 0 radical (unpaired) electrons. The lowest BCUT2D eigenvalue weighted by atomic mass is 9.87. The van der Waals surface area contributed by atoms with E-state index in [-0.39, 0.29) is 30.3 Å². The Morgan fingerprint density at radius 1 is 1.30 bits per heavy atom. The van der Waals surface area contributed by atoms with Crippen LogP contribution in [0.5, 0.6) is 5.75 Å². The molecule has 0 unspecified atom stereocenters. The van der Waals surface area contributed by atoms with E-state index in [0.29, 0.717) is 11.4 Å². The highest BCUT2D eigenvalue weighted by Gasteiger charge is 2.36. The Hall–Kier alpha value is -2.08. The number of amides is 2. The van der Waals surface area contributed by atoms with Gasteiger partial charge in [-0.25, -0.2) is 0 Å². The van der Waals surface area contributed by atoms with Crippen LogP contribution in [0.15, 0.2) is 24.3 Å². The Bertz CT molecular complexity index is 590. The lowest BCUT2D eigenvalue weighted by molar-refractivity contribution is -0.129. The van der Waals surface area contributed by atoms with Crippen molar-refractivity contribution in [2.24, 2.45) is 0 Å². The van der Waals surface area contributed by atoms with Crippen LogP contribution in [-0.4, -0.2) is 37.0 Å². The van der Waals surface area contributed by atoms with Crippen molar-refractivity contribution in [2.75, 3.05) is 12.4 Å². The van der Waals surface area contributed by atoms with E-state index in [1.54, 1.807) is 19.2 Å². The van der Waals surface area contributed by atoms with Crippen LogP contribution >= 0.6 is 0 Å². The van der Waals surface area contributed by atoms with Crippen molar-refractivity contribution >= 4 is 17.5 Å². The van der Waals surface area contributed by atoms with Crippen LogP contribution in [0.1, 0.15) is 32.1 Å². The Balaban J connectivity index is 1.57. The minimum Gasteiger partial charge on any atom is -0.497 e. The predicted molar refractivity (Wildman–Crippen MR) is 87.4 cm³/mol. The lowest BCUT2D eigenvalue weighted by Crippen LogP contribution is -2.65. The van der Waals surface area contributed by atoms with Gasteiger partial charge < -0.3 is 20.7 Å². The molecule has 1 saturated carbocycles. The number of carbonyl (C=O) groups excluding carboxylic acids is 2. The van der Waals surface area contributed by atoms with E-state index in [9.17, 15) is 9.59 Å². The summed E-state index contributed by atoms with van der Waals surface area (Å²) in [5, 5.41) is 9.22. The Morgan fingerprint density at radius 2 is 2.09 bits per heavy atom. The number of carbonyl (C=O) groups is 2. The van der Waals surface area contributed by atoms with E-state index >= 15 is 0 Å². The third-order valence-electron chi connectivity index (χ3n) is 4.57. The second kappa shape index (κ2) is 7.00. The van der Waals surface area contributed by atoms with Gasteiger partial charge in [-0.1, -0.05) is 18.9 Å². The van der Waals surface area contributed by atoms with Crippen molar-refractivity contribution in [1.29, 1.82) is 0 Å². The quantitative estimate of drug-likeness (QED) is 0.785. The van der Waals surface area contributed by atoms with Crippen LogP contribution in [0.4, 0.5) is 5.69 Å². The van der Waals surface area contributed by atoms with Crippen molar-refractivity contribution < 1.29 is 14.3 Å². The van der Waals surface area contributed by atoms with Gasteiger partial charge >= 0.3 is 0 Å². The third-order valence-corrected chi connectivity index (χ3v) is 4.57. The molecule has 1 aromatic carbocycles. The number of methoxy groups -OCH3 is 1. The van der Waals surface area contributed by atoms with Crippen molar-refractivity contribution in [3.63, 3.8) is 0 Å². The molecule has 3 rings (SSSR count). The van der Waals surface area contributed by atoms with E-state index in [2.05, 4.69) is 16.0 Å². The third kappa shape index (κ3) is 3.82. The fraction of sp³-hybridized carbons (Fsp3) is 0.529. The maximum atomic E-state index is 12.2. The molecule has 3 N–H and O–H groups in total. The molecule has 1 aromatic rings. The smallest absolute Gasteiger partial charge is 0.237 e. The van der Waals surface area contributed by atoms with Crippen molar-refractivity contribution in [3.05, 3.63) is 24.3 Å². The minimum absolute atomic E-state index is 0.0751. The van der Waals surface area contributed by atoms with E-state index in [1.807, 2.05) is 12.1 Å². The highest BCUT2D eigenvalue weighted by Crippen LogP contribution is 2.22. The SMILES string of the molecule is COc1cccc(NC(=O)C[C@@H]2N[C@@H]3CCCC[C@H]3NC2=O)c1. The summed E-state index contributed by atoms with van der Waals surface area (Å²) in [6.07, 6.45) is 4.54. The summed E-state index contributed by atoms with van der Waals surface area (Å²) in [6.45, 7) is 0. The first-order chi connectivity index (χ1) is 11.2. The molecule has 124 valence electrons. The minimum atomic E-state index is -0.458. The fourth-order valence-electron chi connectivity index (χ4n) is 3.37. The molecule has 1 saturated heterocycles. The predicted octanol–water partition coefficient (Wildman–Crippen LogP) is 1.42. The molecule has 6 heteroatoms. The number of piperazine rings is 1. The summed E-state index contributed by atoms with van der Waals surface area (Å²) in [5.41, 5.74) is 0.668. The average molecular weight is 317 g/mol. The number of rotatable bonds is 4. The lowest BCUT2D eigenvalue weighted by Gasteiger charge is -2.40. The maximum absolute atomic E-state index is 12.2. The number of anilines is 1. The number of benzene rings is 1. The van der Waals surface area contributed by atoms with Crippen LogP contribution in [0, 0.1) is 0 Å². The summed E-state index contributed by atoms with van der Waals surface area (Å²) in [7, 11) is 1.58. The number of ether oxygens (including phenoxy) is 1. The zero-order chi connectivity index (χ0) is 16.2. The van der Waals surface area contributed by atoms with Gasteiger partial charge in [0.15, 0.2) is 0 Å². The first-order valence-electron chi connectivity index (χ1n) is 8.16. The summed E-state index contributed by atoms with van der Waals surface area (Å²) >= 11 is 0. The molecule has 0 aromatic heterocycles. The second-order valence-corrected chi connectivity index (χ2v) is 6.21. The van der Waals surface area contributed by atoms with Crippen LogP contribution in [0.2, 0.25) is 0 Å².